The molecule has 3 rings (SSSR count). The Morgan fingerprint density at radius 3 is 2.46 bits per heavy atom. The zero-order valence-electron chi connectivity index (χ0n) is 14.9. The second-order valence-electron chi connectivity index (χ2n) is 6.02. The number of carbonyl (C=O) groups excluding carboxylic acids is 1. The summed E-state index contributed by atoms with van der Waals surface area (Å²) in [6, 6.07) is 7.70. The molecule has 1 aromatic carbocycles. The Bertz CT molecular complexity index is 915. The Balaban J connectivity index is 1.67. The van der Waals surface area contributed by atoms with Gasteiger partial charge < -0.3 is 11.2 Å². The Kier molecular flexibility index (Phi) is 5.22. The zero-order valence-corrected chi connectivity index (χ0v) is 15.7. The van der Waals surface area contributed by atoms with E-state index in [1.165, 1.54) is 22.0 Å². The number of aromatic nitrogens is 4. The molecule has 0 spiro atoms. The first-order valence-corrected chi connectivity index (χ1v) is 9.05. The van der Waals surface area contributed by atoms with E-state index in [4.69, 9.17) is 5.84 Å². The predicted octanol–water partition coefficient (Wildman–Crippen LogP) is 2.71. The molecule has 3 aromatic rings. The third-order valence-corrected chi connectivity index (χ3v) is 4.82. The Morgan fingerprint density at radius 1 is 1.15 bits per heavy atom. The Hall–Kier alpha value is -2.87. The number of hydrogen-bond acceptors (Lipinski definition) is 6. The summed E-state index contributed by atoms with van der Waals surface area (Å²) in [6.45, 7) is 6.01. The lowest BCUT2D eigenvalue weighted by atomic mass is 10.1. The number of pyridine rings is 1. The van der Waals surface area contributed by atoms with Crippen molar-refractivity contribution in [1.29, 1.82) is 0 Å². The summed E-state index contributed by atoms with van der Waals surface area (Å²) in [6.07, 6.45) is 3.33. The molecule has 0 fully saturated rings. The fourth-order valence-corrected chi connectivity index (χ4v) is 3.41. The van der Waals surface area contributed by atoms with Crippen molar-refractivity contribution in [3.8, 4) is 11.4 Å². The van der Waals surface area contributed by atoms with Gasteiger partial charge in [-0.2, -0.15) is 0 Å². The molecule has 0 bridgehead atoms. The zero-order chi connectivity index (χ0) is 18.7. The second kappa shape index (κ2) is 7.57. The van der Waals surface area contributed by atoms with Gasteiger partial charge in [-0.3, -0.25) is 9.78 Å². The van der Waals surface area contributed by atoms with E-state index in [1.54, 1.807) is 24.5 Å². The molecular weight excluding hydrogens is 348 g/mol. The number of thioether (sulfide) groups is 1. The lowest BCUT2D eigenvalue weighted by molar-refractivity contribution is -0.113. The first-order valence-electron chi connectivity index (χ1n) is 8.07. The van der Waals surface area contributed by atoms with E-state index in [0.717, 1.165) is 22.4 Å². The van der Waals surface area contributed by atoms with Crippen LogP contribution in [0.25, 0.3) is 11.4 Å². The molecular formula is C18H20N6OS. The standard InChI is InChI=1S/C18H20N6OS/c1-11-8-12(2)16(13(3)9-11)21-15(25)10-26-18-23-22-17(24(18)19)14-4-6-20-7-5-14/h4-9H,10,19H2,1-3H3,(H,21,25). The fourth-order valence-electron chi connectivity index (χ4n) is 2.76. The first kappa shape index (κ1) is 17.9. The van der Waals surface area contributed by atoms with Crippen molar-refractivity contribution in [1.82, 2.24) is 19.9 Å². The second-order valence-corrected chi connectivity index (χ2v) is 6.97. The molecule has 0 aliphatic carbocycles. The highest BCUT2D eigenvalue weighted by molar-refractivity contribution is 7.99. The lowest BCUT2D eigenvalue weighted by Gasteiger charge is -2.12. The van der Waals surface area contributed by atoms with E-state index in [2.05, 4.69) is 20.5 Å². The summed E-state index contributed by atoms with van der Waals surface area (Å²) >= 11 is 1.24. The predicted molar refractivity (Wildman–Crippen MR) is 103 cm³/mol. The Labute approximate surface area is 156 Å². The van der Waals surface area contributed by atoms with Gasteiger partial charge in [-0.05, 0) is 44.0 Å². The molecule has 0 atom stereocenters. The topological polar surface area (TPSA) is 98.7 Å². The van der Waals surface area contributed by atoms with Crippen LogP contribution in [0.5, 0.6) is 0 Å². The summed E-state index contributed by atoms with van der Waals surface area (Å²) in [4.78, 5) is 16.3. The van der Waals surface area contributed by atoms with E-state index >= 15 is 0 Å². The number of amides is 1. The van der Waals surface area contributed by atoms with Gasteiger partial charge in [-0.1, -0.05) is 29.5 Å². The number of benzene rings is 1. The number of aryl methyl sites for hydroxylation is 3. The van der Waals surface area contributed by atoms with Crippen molar-refractivity contribution in [2.24, 2.45) is 0 Å². The average Bonchev–Trinajstić information content (AvgIpc) is 2.98. The lowest BCUT2D eigenvalue weighted by Crippen LogP contribution is -2.17. The van der Waals surface area contributed by atoms with E-state index in [1.807, 2.05) is 32.9 Å². The SMILES string of the molecule is Cc1cc(C)c(NC(=O)CSc2nnc(-c3ccncc3)n2N)c(C)c1. The van der Waals surface area contributed by atoms with E-state index in [-0.39, 0.29) is 11.7 Å². The van der Waals surface area contributed by atoms with Gasteiger partial charge in [0.05, 0.1) is 5.75 Å². The molecule has 0 saturated carbocycles. The number of anilines is 1. The number of carbonyl (C=O) groups is 1. The van der Waals surface area contributed by atoms with Gasteiger partial charge in [0.15, 0.2) is 5.82 Å². The van der Waals surface area contributed by atoms with Crippen LogP contribution in [0, 0.1) is 20.8 Å². The van der Waals surface area contributed by atoms with E-state index < -0.39 is 0 Å². The van der Waals surface area contributed by atoms with Gasteiger partial charge in [-0.25, -0.2) is 4.68 Å². The van der Waals surface area contributed by atoms with Crippen LogP contribution in [0.4, 0.5) is 5.69 Å². The summed E-state index contributed by atoms with van der Waals surface area (Å²) in [5.74, 6) is 6.67. The Morgan fingerprint density at radius 2 is 1.81 bits per heavy atom. The number of nitrogen functional groups attached to an aromatic ring is 1. The molecule has 0 saturated heterocycles. The summed E-state index contributed by atoms with van der Waals surface area (Å²) in [5.41, 5.74) is 4.93. The molecule has 8 heteroatoms. The molecule has 3 N–H and O–H groups in total. The highest BCUT2D eigenvalue weighted by Crippen LogP contribution is 2.24. The molecule has 0 radical (unpaired) electrons. The number of nitrogens with one attached hydrogen (secondary N) is 1. The summed E-state index contributed by atoms with van der Waals surface area (Å²) in [7, 11) is 0. The maximum absolute atomic E-state index is 12.3. The highest BCUT2D eigenvalue weighted by Gasteiger charge is 2.14. The highest BCUT2D eigenvalue weighted by atomic mass is 32.2. The smallest absolute Gasteiger partial charge is 0.234 e. The van der Waals surface area contributed by atoms with Gasteiger partial charge in [0.1, 0.15) is 0 Å². The van der Waals surface area contributed by atoms with Crippen LogP contribution in [-0.4, -0.2) is 31.5 Å². The normalized spacial score (nSPS) is 10.7. The molecule has 2 aromatic heterocycles. The maximum Gasteiger partial charge on any atom is 0.234 e. The minimum Gasteiger partial charge on any atom is -0.335 e. The third kappa shape index (κ3) is 3.85. The number of nitrogens with zero attached hydrogens (tertiary/aromatic N) is 4. The van der Waals surface area contributed by atoms with Crippen molar-refractivity contribution in [2.75, 3.05) is 16.9 Å². The van der Waals surface area contributed by atoms with Crippen LogP contribution in [0.1, 0.15) is 16.7 Å². The van der Waals surface area contributed by atoms with E-state index in [0.29, 0.717) is 11.0 Å². The average molecular weight is 368 g/mol. The maximum atomic E-state index is 12.3. The number of nitrogens with two attached hydrogens (primary N) is 1. The summed E-state index contributed by atoms with van der Waals surface area (Å²) in [5, 5.41) is 11.6. The number of rotatable bonds is 5. The van der Waals surface area contributed by atoms with Gasteiger partial charge in [0.2, 0.25) is 11.1 Å². The monoisotopic (exact) mass is 368 g/mol. The van der Waals surface area contributed by atoms with Crippen molar-refractivity contribution < 1.29 is 4.79 Å². The van der Waals surface area contributed by atoms with Crippen molar-refractivity contribution in [3.05, 3.63) is 53.3 Å². The van der Waals surface area contributed by atoms with Crippen LogP contribution in [0.3, 0.4) is 0 Å². The van der Waals surface area contributed by atoms with Gasteiger partial charge >= 0.3 is 0 Å². The first-order chi connectivity index (χ1) is 12.5. The molecule has 2 heterocycles. The van der Waals surface area contributed by atoms with E-state index in [9.17, 15) is 4.79 Å². The van der Waals surface area contributed by atoms with Gasteiger partial charge in [0, 0.05) is 23.6 Å². The molecule has 26 heavy (non-hydrogen) atoms. The minimum absolute atomic E-state index is 0.112. The fraction of sp³-hybridized carbons (Fsp3) is 0.222. The minimum atomic E-state index is -0.112. The number of hydrogen-bond donors (Lipinski definition) is 2. The molecule has 0 unspecified atom stereocenters. The largest absolute Gasteiger partial charge is 0.335 e. The van der Waals surface area contributed by atoms with Crippen LogP contribution >= 0.6 is 11.8 Å². The quantitative estimate of drug-likeness (QED) is 0.531. The van der Waals surface area contributed by atoms with Crippen molar-refractivity contribution in [2.45, 2.75) is 25.9 Å². The molecule has 7 nitrogen and oxygen atoms in total. The van der Waals surface area contributed by atoms with Crippen molar-refractivity contribution >= 4 is 23.4 Å². The van der Waals surface area contributed by atoms with Crippen LogP contribution in [0.15, 0.2) is 41.8 Å². The third-order valence-electron chi connectivity index (χ3n) is 3.88. The van der Waals surface area contributed by atoms with Crippen LogP contribution in [0.2, 0.25) is 0 Å². The molecule has 134 valence electrons. The van der Waals surface area contributed by atoms with Crippen molar-refractivity contribution in [3.63, 3.8) is 0 Å². The molecule has 1 amide bonds. The van der Waals surface area contributed by atoms with Crippen LogP contribution in [-0.2, 0) is 4.79 Å². The van der Waals surface area contributed by atoms with Gasteiger partial charge in [0.25, 0.3) is 0 Å². The molecule has 0 aliphatic rings. The molecule has 0 aliphatic heterocycles. The van der Waals surface area contributed by atoms with Crippen LogP contribution < -0.4 is 11.2 Å². The summed E-state index contributed by atoms with van der Waals surface area (Å²) < 4.78 is 1.38. The van der Waals surface area contributed by atoms with Gasteiger partial charge in [-0.15, -0.1) is 10.2 Å².